The summed E-state index contributed by atoms with van der Waals surface area (Å²) in [5.74, 6) is -0.547. The summed E-state index contributed by atoms with van der Waals surface area (Å²) in [4.78, 5) is 12.5. The largest absolute Gasteiger partial charge is 0.573 e. The van der Waals surface area contributed by atoms with Crippen molar-refractivity contribution in [3.8, 4) is 17.2 Å². The highest BCUT2D eigenvalue weighted by molar-refractivity contribution is 7.88. The van der Waals surface area contributed by atoms with Gasteiger partial charge in [-0.15, -0.1) is 13.2 Å². The molecule has 0 radical (unpaired) electrons. The standard InChI is InChI=1S/C24H27Cl2F3N2O5S/c1-14(2)18-13-17(4-5-21(18)36-24(27,28)29)35-23-19(25)11-16(12-20(23)26)30-22(32)10-15-6-8-31(9-7-15)37(3,33)34/h4-5,11-15H,6-10H2,1-3H3,(H,30,32). The lowest BCUT2D eigenvalue weighted by Crippen LogP contribution is -2.38. The number of piperidine rings is 1. The fraction of sp³-hybridized carbons (Fsp3) is 0.458. The van der Waals surface area contributed by atoms with Crippen molar-refractivity contribution in [3.63, 3.8) is 0 Å². The van der Waals surface area contributed by atoms with Crippen LogP contribution >= 0.6 is 23.2 Å². The number of benzene rings is 2. The maximum atomic E-state index is 12.7. The molecule has 1 amide bonds. The van der Waals surface area contributed by atoms with Crippen molar-refractivity contribution in [2.45, 2.75) is 45.4 Å². The van der Waals surface area contributed by atoms with E-state index in [2.05, 4.69) is 10.1 Å². The fourth-order valence-electron chi connectivity index (χ4n) is 4.03. The number of hydrogen-bond acceptors (Lipinski definition) is 5. The highest BCUT2D eigenvalue weighted by Gasteiger charge is 2.32. The van der Waals surface area contributed by atoms with Crippen LogP contribution in [0.4, 0.5) is 18.9 Å². The van der Waals surface area contributed by atoms with E-state index in [1.807, 2.05) is 0 Å². The summed E-state index contributed by atoms with van der Waals surface area (Å²) in [5, 5.41) is 2.92. The van der Waals surface area contributed by atoms with Crippen LogP contribution in [0.1, 0.15) is 44.6 Å². The van der Waals surface area contributed by atoms with Crippen LogP contribution in [0.15, 0.2) is 30.3 Å². The first kappa shape index (κ1) is 29.3. The van der Waals surface area contributed by atoms with Crippen LogP contribution in [-0.2, 0) is 14.8 Å². The second-order valence-corrected chi connectivity index (χ2v) is 11.9. The number of halogens is 5. The van der Waals surface area contributed by atoms with Crippen molar-refractivity contribution in [3.05, 3.63) is 45.9 Å². The SMILES string of the molecule is CC(C)c1cc(Oc2c(Cl)cc(NC(=O)CC3CCN(S(C)(=O)=O)CC3)cc2Cl)ccc1OC(F)(F)F. The number of carbonyl (C=O) groups excluding carboxylic acids is 1. The van der Waals surface area contributed by atoms with Crippen LogP contribution in [0.2, 0.25) is 10.0 Å². The predicted octanol–water partition coefficient (Wildman–Crippen LogP) is 6.81. The average molecular weight is 583 g/mol. The monoisotopic (exact) mass is 582 g/mol. The number of sulfonamides is 1. The van der Waals surface area contributed by atoms with E-state index in [0.717, 1.165) is 6.07 Å². The molecule has 1 aliphatic heterocycles. The molecule has 0 bridgehead atoms. The van der Waals surface area contributed by atoms with Gasteiger partial charge in [0.15, 0.2) is 5.75 Å². The number of rotatable bonds is 8. The van der Waals surface area contributed by atoms with Gasteiger partial charge in [0.05, 0.1) is 16.3 Å². The fourth-order valence-corrected chi connectivity index (χ4v) is 5.46. The number of nitrogens with zero attached hydrogens (tertiary/aromatic N) is 1. The molecule has 0 saturated carbocycles. The van der Waals surface area contributed by atoms with Crippen molar-refractivity contribution in [2.75, 3.05) is 24.7 Å². The van der Waals surface area contributed by atoms with Crippen LogP contribution in [-0.4, -0.2) is 44.3 Å². The Kier molecular flexibility index (Phi) is 9.26. The van der Waals surface area contributed by atoms with Gasteiger partial charge in [-0.25, -0.2) is 12.7 Å². The molecule has 2 aromatic carbocycles. The number of amides is 1. The van der Waals surface area contributed by atoms with Gasteiger partial charge in [-0.3, -0.25) is 4.79 Å². The molecular formula is C24H27Cl2F3N2O5S. The smallest absolute Gasteiger partial charge is 0.454 e. The van der Waals surface area contributed by atoms with E-state index in [4.69, 9.17) is 27.9 Å². The molecule has 1 saturated heterocycles. The number of ether oxygens (including phenoxy) is 2. The lowest BCUT2D eigenvalue weighted by Gasteiger charge is -2.29. The van der Waals surface area contributed by atoms with Crippen LogP contribution in [0.5, 0.6) is 17.2 Å². The Balaban J connectivity index is 1.67. The molecule has 0 spiro atoms. The van der Waals surface area contributed by atoms with Gasteiger partial charge in [-0.2, -0.15) is 0 Å². The molecule has 0 atom stereocenters. The molecule has 0 aromatic heterocycles. The molecule has 13 heteroatoms. The van der Waals surface area contributed by atoms with Crippen LogP contribution in [0.25, 0.3) is 0 Å². The first-order valence-electron chi connectivity index (χ1n) is 11.4. The van der Waals surface area contributed by atoms with E-state index >= 15 is 0 Å². The molecule has 7 nitrogen and oxygen atoms in total. The van der Waals surface area contributed by atoms with Crippen molar-refractivity contribution in [2.24, 2.45) is 5.92 Å². The van der Waals surface area contributed by atoms with E-state index in [0.29, 0.717) is 31.6 Å². The van der Waals surface area contributed by atoms with Crippen LogP contribution in [0.3, 0.4) is 0 Å². The van der Waals surface area contributed by atoms with Crippen molar-refractivity contribution in [1.82, 2.24) is 4.31 Å². The summed E-state index contributed by atoms with van der Waals surface area (Å²) in [6.45, 7) is 4.19. The maximum Gasteiger partial charge on any atom is 0.573 e. The molecular weight excluding hydrogens is 556 g/mol. The highest BCUT2D eigenvalue weighted by atomic mass is 35.5. The van der Waals surface area contributed by atoms with Gasteiger partial charge in [-0.1, -0.05) is 37.0 Å². The Morgan fingerprint density at radius 2 is 1.73 bits per heavy atom. The van der Waals surface area contributed by atoms with Gasteiger partial charge in [-0.05, 0) is 55.0 Å². The van der Waals surface area contributed by atoms with Gasteiger partial charge >= 0.3 is 6.36 Å². The van der Waals surface area contributed by atoms with Crippen molar-refractivity contribution >= 4 is 44.8 Å². The van der Waals surface area contributed by atoms with E-state index < -0.39 is 16.4 Å². The van der Waals surface area contributed by atoms with E-state index in [1.54, 1.807) is 13.8 Å². The van der Waals surface area contributed by atoms with Crippen LogP contribution < -0.4 is 14.8 Å². The van der Waals surface area contributed by atoms with Gasteiger partial charge in [0, 0.05) is 30.8 Å². The first-order valence-corrected chi connectivity index (χ1v) is 14.0. The molecule has 1 fully saturated rings. The zero-order chi connectivity index (χ0) is 27.5. The Morgan fingerprint density at radius 1 is 1.14 bits per heavy atom. The second kappa shape index (κ2) is 11.7. The summed E-state index contributed by atoms with van der Waals surface area (Å²) in [6, 6.07) is 6.80. The molecule has 204 valence electrons. The summed E-state index contributed by atoms with van der Waals surface area (Å²) in [6.07, 6.45) is -2.27. The molecule has 1 aliphatic rings. The maximum absolute atomic E-state index is 12.7. The molecule has 1 N–H and O–H groups in total. The van der Waals surface area contributed by atoms with Gasteiger partial charge in [0.2, 0.25) is 15.9 Å². The Morgan fingerprint density at radius 3 is 2.24 bits per heavy atom. The zero-order valence-electron chi connectivity index (χ0n) is 20.4. The summed E-state index contributed by atoms with van der Waals surface area (Å²) in [7, 11) is -3.24. The highest BCUT2D eigenvalue weighted by Crippen LogP contribution is 2.41. The predicted molar refractivity (Wildman–Crippen MR) is 136 cm³/mol. The summed E-state index contributed by atoms with van der Waals surface area (Å²) >= 11 is 12.7. The molecule has 0 aliphatic carbocycles. The van der Waals surface area contributed by atoms with Gasteiger partial charge in [0.1, 0.15) is 11.5 Å². The number of carbonyl (C=O) groups is 1. The van der Waals surface area contributed by atoms with Gasteiger partial charge in [0.25, 0.3) is 0 Å². The average Bonchev–Trinajstić information content (AvgIpc) is 2.75. The number of alkyl halides is 3. The minimum Gasteiger partial charge on any atom is -0.454 e. The van der Waals surface area contributed by atoms with Crippen LogP contribution in [0, 0.1) is 5.92 Å². The first-order chi connectivity index (χ1) is 17.1. The zero-order valence-corrected chi connectivity index (χ0v) is 22.7. The lowest BCUT2D eigenvalue weighted by atomic mass is 9.94. The number of hydrogen-bond donors (Lipinski definition) is 1. The minimum absolute atomic E-state index is 0.0472. The topological polar surface area (TPSA) is 84.9 Å². The van der Waals surface area contributed by atoms with E-state index in [-0.39, 0.29) is 57.0 Å². The Bertz CT molecular complexity index is 1220. The third kappa shape index (κ3) is 8.39. The number of nitrogens with one attached hydrogen (secondary N) is 1. The molecule has 37 heavy (non-hydrogen) atoms. The quantitative estimate of drug-likeness (QED) is 0.369. The van der Waals surface area contributed by atoms with E-state index in [9.17, 15) is 26.4 Å². The molecule has 1 heterocycles. The van der Waals surface area contributed by atoms with Crippen molar-refractivity contribution in [1.29, 1.82) is 0 Å². The normalized spacial score (nSPS) is 15.6. The molecule has 3 rings (SSSR count). The number of anilines is 1. The Labute approximate surface area is 223 Å². The van der Waals surface area contributed by atoms with Crippen molar-refractivity contribution < 1.29 is 35.9 Å². The lowest BCUT2D eigenvalue weighted by molar-refractivity contribution is -0.275. The van der Waals surface area contributed by atoms with E-state index in [1.165, 1.54) is 34.8 Å². The third-order valence-electron chi connectivity index (χ3n) is 5.85. The van der Waals surface area contributed by atoms with Gasteiger partial charge < -0.3 is 14.8 Å². The third-order valence-corrected chi connectivity index (χ3v) is 7.71. The second-order valence-electron chi connectivity index (χ2n) is 9.13. The Hall–Kier alpha value is -2.21. The minimum atomic E-state index is -4.83. The molecule has 2 aromatic rings. The summed E-state index contributed by atoms with van der Waals surface area (Å²) in [5.41, 5.74) is 0.631. The summed E-state index contributed by atoms with van der Waals surface area (Å²) < 4.78 is 72.7. The molecule has 0 unspecified atom stereocenters.